The third kappa shape index (κ3) is 3.84. The topological polar surface area (TPSA) is 109 Å². The van der Waals surface area contributed by atoms with Gasteiger partial charge in [-0.15, -0.1) is 0 Å². The Morgan fingerprint density at radius 1 is 1.19 bits per heavy atom. The molecule has 8 nitrogen and oxygen atoms in total. The maximum atomic E-state index is 12.6. The largest absolute Gasteiger partial charge is 0.619 e. The number of rotatable bonds is 6. The van der Waals surface area contributed by atoms with Gasteiger partial charge in [-0.2, -0.15) is 4.73 Å². The van der Waals surface area contributed by atoms with Crippen LogP contribution >= 0.6 is 0 Å². The minimum Gasteiger partial charge on any atom is -0.619 e. The van der Waals surface area contributed by atoms with Crippen LogP contribution in [0, 0.1) is 12.1 Å². The molecule has 0 spiro atoms. The van der Waals surface area contributed by atoms with Gasteiger partial charge in [0.15, 0.2) is 18.2 Å². The van der Waals surface area contributed by atoms with Crippen LogP contribution in [0.25, 0.3) is 0 Å². The van der Waals surface area contributed by atoms with Gasteiger partial charge in [0.05, 0.1) is 36.0 Å². The predicted octanol–water partition coefficient (Wildman–Crippen LogP) is 1.17. The Labute approximate surface area is 157 Å². The van der Waals surface area contributed by atoms with Gasteiger partial charge in [-0.3, -0.25) is 4.79 Å². The third-order valence-electron chi connectivity index (χ3n) is 4.26. The number of pyridine rings is 1. The number of hydrogen-bond acceptors (Lipinski definition) is 7. The lowest BCUT2D eigenvalue weighted by Crippen LogP contribution is -2.37. The smallest absolute Gasteiger partial charge is 0.337 e. The van der Waals surface area contributed by atoms with Crippen molar-refractivity contribution in [3.63, 3.8) is 0 Å². The van der Waals surface area contributed by atoms with Crippen molar-refractivity contribution in [2.24, 2.45) is 0 Å². The van der Waals surface area contributed by atoms with E-state index in [1.54, 1.807) is 33.8 Å². The minimum atomic E-state index is -0.967. The molecule has 2 rings (SSSR count). The number of aldehydes is 1. The second-order valence-electron chi connectivity index (χ2n) is 5.86. The molecule has 0 amide bonds. The molecule has 0 aromatic carbocycles. The predicted molar refractivity (Wildman–Crippen MR) is 95.1 cm³/mol. The highest BCUT2D eigenvalue weighted by Crippen LogP contribution is 2.39. The Hall–Kier alpha value is -3.16. The highest BCUT2D eigenvalue weighted by Gasteiger charge is 2.40. The lowest BCUT2D eigenvalue weighted by molar-refractivity contribution is -0.612. The molecule has 1 aliphatic rings. The first kappa shape index (κ1) is 20.2. The highest BCUT2D eigenvalue weighted by atomic mass is 16.5. The number of ether oxygens (including phenoxy) is 2. The van der Waals surface area contributed by atoms with Gasteiger partial charge < -0.3 is 20.0 Å². The lowest BCUT2D eigenvalue weighted by atomic mass is 9.79. The number of aromatic nitrogens is 1. The first-order valence-electron chi connectivity index (χ1n) is 8.57. The lowest BCUT2D eigenvalue weighted by Gasteiger charge is -2.29. The van der Waals surface area contributed by atoms with E-state index in [-0.39, 0.29) is 30.1 Å². The van der Waals surface area contributed by atoms with Crippen LogP contribution in [-0.4, -0.2) is 31.4 Å². The Balaban J connectivity index is 2.78. The maximum Gasteiger partial charge on any atom is 0.337 e. The maximum absolute atomic E-state index is 12.6. The summed E-state index contributed by atoms with van der Waals surface area (Å²) in [5.41, 5.74) is 1.19. The van der Waals surface area contributed by atoms with E-state index in [9.17, 15) is 19.6 Å². The fourth-order valence-corrected chi connectivity index (χ4v) is 3.06. The van der Waals surface area contributed by atoms with Crippen LogP contribution in [0.5, 0.6) is 0 Å². The van der Waals surface area contributed by atoms with Gasteiger partial charge >= 0.3 is 11.9 Å². The summed E-state index contributed by atoms with van der Waals surface area (Å²) in [6.07, 6.45) is 1.81. The fourth-order valence-electron chi connectivity index (χ4n) is 3.06. The third-order valence-corrected chi connectivity index (χ3v) is 4.26. The molecule has 144 valence electrons. The minimum absolute atomic E-state index is 0.00954. The number of allylic oxidation sites excluding steroid dienone is 2. The number of hydrogen-bond donors (Lipinski definition) is 1. The quantitative estimate of drug-likeness (QED) is 0.344. The van der Waals surface area contributed by atoms with Crippen molar-refractivity contribution < 1.29 is 28.6 Å². The van der Waals surface area contributed by atoms with Crippen molar-refractivity contribution in [3.05, 3.63) is 57.3 Å². The number of esters is 2. The molecule has 1 N–H and O–H groups in total. The van der Waals surface area contributed by atoms with Gasteiger partial charge in [-0.1, -0.05) is 0 Å². The summed E-state index contributed by atoms with van der Waals surface area (Å²) in [7, 11) is 0. The summed E-state index contributed by atoms with van der Waals surface area (Å²) in [6, 6.07) is 3.15. The first-order chi connectivity index (χ1) is 12.9. The molecular formula is C19H22N2O6. The Kier molecular flexibility index (Phi) is 6.33. The molecule has 27 heavy (non-hydrogen) atoms. The van der Waals surface area contributed by atoms with Crippen molar-refractivity contribution in [2.45, 2.75) is 33.6 Å². The van der Waals surface area contributed by atoms with E-state index in [1.807, 2.05) is 0 Å². The summed E-state index contributed by atoms with van der Waals surface area (Å²) in [5.74, 6) is -2.35. The monoisotopic (exact) mass is 374 g/mol. The number of dihydropyridines is 1. The van der Waals surface area contributed by atoms with Gasteiger partial charge in [0.1, 0.15) is 0 Å². The van der Waals surface area contributed by atoms with Gasteiger partial charge in [0, 0.05) is 24.3 Å². The molecule has 0 fully saturated rings. The normalized spacial score (nSPS) is 16.7. The molecule has 1 aromatic rings. The van der Waals surface area contributed by atoms with Crippen molar-refractivity contribution >= 4 is 18.2 Å². The summed E-state index contributed by atoms with van der Waals surface area (Å²) in [4.78, 5) is 36.9. The zero-order chi connectivity index (χ0) is 20.1. The van der Waals surface area contributed by atoms with Crippen molar-refractivity contribution in [1.82, 2.24) is 5.32 Å². The molecule has 0 aliphatic carbocycles. The molecule has 0 radical (unpaired) electrons. The number of carbonyl (C=O) groups excluding carboxylic acids is 3. The van der Waals surface area contributed by atoms with Crippen molar-refractivity contribution in [1.29, 1.82) is 0 Å². The van der Waals surface area contributed by atoms with Gasteiger partial charge in [0.25, 0.3) is 0 Å². The van der Waals surface area contributed by atoms with Crippen molar-refractivity contribution in [2.75, 3.05) is 13.2 Å². The molecule has 0 saturated carbocycles. The highest BCUT2D eigenvalue weighted by molar-refractivity contribution is 6.03. The standard InChI is InChI=1S/C19H22N2O6/c1-5-26-18(23)15-11(3)20-14(10-22)17(19(24)27-6-2)16(15)13-8-7-9-21(25)12(13)4/h7-10,16,20H,5-6H2,1-4H3. The summed E-state index contributed by atoms with van der Waals surface area (Å²) < 4.78 is 10.9. The molecule has 1 aromatic heterocycles. The average molecular weight is 374 g/mol. The van der Waals surface area contributed by atoms with Crippen LogP contribution in [0.2, 0.25) is 0 Å². The Morgan fingerprint density at radius 3 is 2.33 bits per heavy atom. The van der Waals surface area contributed by atoms with E-state index in [2.05, 4.69) is 5.32 Å². The zero-order valence-electron chi connectivity index (χ0n) is 15.7. The summed E-state index contributed by atoms with van der Waals surface area (Å²) in [6.45, 7) is 6.71. The molecule has 0 bridgehead atoms. The number of carbonyl (C=O) groups is 3. The fraction of sp³-hybridized carbons (Fsp3) is 0.368. The molecule has 1 unspecified atom stereocenters. The Morgan fingerprint density at radius 2 is 1.78 bits per heavy atom. The zero-order valence-corrected chi connectivity index (χ0v) is 15.7. The first-order valence-corrected chi connectivity index (χ1v) is 8.57. The van der Waals surface area contributed by atoms with E-state index in [0.29, 0.717) is 28.0 Å². The molecule has 1 aliphatic heterocycles. The second kappa shape index (κ2) is 8.48. The van der Waals surface area contributed by atoms with Crippen LogP contribution in [0.1, 0.15) is 37.9 Å². The van der Waals surface area contributed by atoms with Gasteiger partial charge in [-0.25, -0.2) is 9.59 Å². The van der Waals surface area contributed by atoms with Gasteiger partial charge in [-0.05, 0) is 26.8 Å². The van der Waals surface area contributed by atoms with E-state index < -0.39 is 17.9 Å². The molecule has 8 heteroatoms. The van der Waals surface area contributed by atoms with E-state index >= 15 is 0 Å². The van der Waals surface area contributed by atoms with Crippen LogP contribution in [0.4, 0.5) is 0 Å². The molecule has 0 saturated heterocycles. The average Bonchev–Trinajstić information content (AvgIpc) is 2.63. The van der Waals surface area contributed by atoms with E-state index in [4.69, 9.17) is 9.47 Å². The second-order valence-corrected chi connectivity index (χ2v) is 5.86. The molecular weight excluding hydrogens is 352 g/mol. The molecule has 1 atom stereocenters. The van der Waals surface area contributed by atoms with Gasteiger partial charge in [0.2, 0.25) is 0 Å². The van der Waals surface area contributed by atoms with Crippen LogP contribution in [-0.2, 0) is 23.9 Å². The Bertz CT molecular complexity index is 841. The van der Waals surface area contributed by atoms with E-state index in [1.165, 1.54) is 12.3 Å². The SMILES string of the molecule is CCOC(=O)C1=C(C)NC(C=O)=C(C(=O)OCC)C1c1ccc[n+]([O-])c1C. The van der Waals surface area contributed by atoms with E-state index in [0.717, 1.165) is 0 Å². The number of nitrogens with zero attached hydrogens (tertiary/aromatic N) is 1. The van der Waals surface area contributed by atoms with Crippen molar-refractivity contribution in [3.8, 4) is 0 Å². The molecule has 2 heterocycles. The summed E-state index contributed by atoms with van der Waals surface area (Å²) in [5, 5.41) is 14.9. The van der Waals surface area contributed by atoms with Crippen LogP contribution in [0.3, 0.4) is 0 Å². The van der Waals surface area contributed by atoms with Crippen LogP contribution < -0.4 is 10.0 Å². The summed E-state index contributed by atoms with van der Waals surface area (Å²) >= 11 is 0. The number of nitrogens with one attached hydrogen (secondary N) is 1. The van der Waals surface area contributed by atoms with Crippen LogP contribution in [0.15, 0.2) is 40.9 Å².